The molecule has 0 fully saturated rings. The highest BCUT2D eigenvalue weighted by Crippen LogP contribution is 2.64. The Morgan fingerprint density at radius 1 is 0.464 bits per heavy atom. The Hall–Kier alpha value is 0.440. The summed E-state index contributed by atoms with van der Waals surface area (Å²) in [5, 5.41) is 8.18. The van der Waals surface area contributed by atoms with Crippen molar-refractivity contribution in [1.82, 2.24) is 0 Å². The predicted molar refractivity (Wildman–Crippen MR) is 129 cm³/mol. The predicted octanol–water partition coefficient (Wildman–Crippen LogP) is 7.19. The molecule has 0 aliphatic carbocycles. The maximum atomic E-state index is 5.70. The second-order valence-electron chi connectivity index (χ2n) is 5.51. The summed E-state index contributed by atoms with van der Waals surface area (Å²) in [6.45, 7) is 2.56. The average molecular weight is 523 g/mol. The van der Waals surface area contributed by atoms with E-state index in [9.17, 15) is 0 Å². The minimum atomic E-state index is 0.640. The highest BCUT2D eigenvalue weighted by Gasteiger charge is 2.34. The van der Waals surface area contributed by atoms with Gasteiger partial charge >= 0.3 is 0 Å². The minimum Gasteiger partial charge on any atom is -0.480 e. The molecule has 0 radical (unpaired) electrons. The molecular weight excluding hydrogens is 513 g/mol. The fraction of sp³-hybridized carbons (Fsp3) is 0.250. The zero-order valence-corrected chi connectivity index (χ0v) is 20.4. The standard InChI is InChI=1S/C16H10O4S8/c1-2-18-10-9(17-1)25-15(26-10)13-21-5-7(23-13)8-6-22-14(24-8)16-27-11-12(28-16)20-4-3-19-11/h5-6H,1-4H2. The van der Waals surface area contributed by atoms with Crippen LogP contribution in [0.1, 0.15) is 0 Å². The minimum absolute atomic E-state index is 0.640. The molecule has 28 heavy (non-hydrogen) atoms. The van der Waals surface area contributed by atoms with Crippen LogP contribution in [0.25, 0.3) is 0 Å². The molecule has 0 saturated carbocycles. The summed E-state index contributed by atoms with van der Waals surface area (Å²) < 4.78 is 27.9. The second kappa shape index (κ2) is 8.18. The van der Waals surface area contributed by atoms with E-state index in [1.54, 1.807) is 70.6 Å². The number of thioether (sulfide) groups is 8. The van der Waals surface area contributed by atoms with Gasteiger partial charge in [0, 0.05) is 9.81 Å². The van der Waals surface area contributed by atoms with Crippen LogP contribution in [0.3, 0.4) is 0 Å². The maximum absolute atomic E-state index is 5.70. The molecule has 6 aliphatic heterocycles. The molecule has 6 rings (SSSR count). The van der Waals surface area contributed by atoms with Gasteiger partial charge in [-0.3, -0.25) is 0 Å². The van der Waals surface area contributed by atoms with Crippen LogP contribution in [-0.2, 0) is 18.9 Å². The number of hydrogen-bond donors (Lipinski definition) is 0. The van der Waals surface area contributed by atoms with Gasteiger partial charge in [-0.05, 0) is 57.9 Å². The molecule has 0 saturated heterocycles. The molecule has 0 aromatic carbocycles. The van der Waals surface area contributed by atoms with Gasteiger partial charge in [0.05, 0.1) is 16.9 Å². The Labute approximate surface area is 195 Å². The molecule has 0 unspecified atom stereocenters. The Morgan fingerprint density at radius 2 is 0.821 bits per heavy atom. The molecule has 0 spiro atoms. The first-order valence-corrected chi connectivity index (χ1v) is 14.8. The van der Waals surface area contributed by atoms with E-state index >= 15 is 0 Å². The summed E-state index contributed by atoms with van der Waals surface area (Å²) >= 11 is 14.0. The summed E-state index contributed by atoms with van der Waals surface area (Å²) in [7, 11) is 0. The largest absolute Gasteiger partial charge is 0.480 e. The lowest BCUT2D eigenvalue weighted by Gasteiger charge is -2.13. The van der Waals surface area contributed by atoms with Gasteiger partial charge in [0.2, 0.25) is 20.4 Å². The lowest BCUT2D eigenvalue weighted by atomic mass is 10.6. The maximum Gasteiger partial charge on any atom is 0.208 e. The van der Waals surface area contributed by atoms with E-state index in [-0.39, 0.29) is 0 Å². The van der Waals surface area contributed by atoms with Crippen molar-refractivity contribution >= 4 is 94.1 Å². The second-order valence-corrected chi connectivity index (χ2v) is 14.3. The van der Waals surface area contributed by atoms with Crippen LogP contribution in [0.2, 0.25) is 0 Å². The molecule has 0 bridgehead atoms. The van der Waals surface area contributed by atoms with Crippen LogP contribution in [0.5, 0.6) is 0 Å². The van der Waals surface area contributed by atoms with Crippen LogP contribution < -0.4 is 0 Å². The van der Waals surface area contributed by atoms with Gasteiger partial charge in [0.1, 0.15) is 26.4 Å². The molecule has 146 valence electrons. The fourth-order valence-corrected chi connectivity index (χ4v) is 12.5. The van der Waals surface area contributed by atoms with Crippen molar-refractivity contribution in [2.24, 2.45) is 0 Å². The average Bonchev–Trinajstić information content (AvgIpc) is 3.52. The van der Waals surface area contributed by atoms with Crippen molar-refractivity contribution in [2.75, 3.05) is 26.4 Å². The fourth-order valence-electron chi connectivity index (χ4n) is 2.51. The molecule has 0 N–H and O–H groups in total. The number of ether oxygens (including phenoxy) is 4. The molecule has 0 aromatic heterocycles. The Morgan fingerprint density at radius 3 is 1.18 bits per heavy atom. The first-order valence-electron chi connectivity index (χ1n) is 8.13. The third-order valence-corrected chi connectivity index (χ3v) is 14.4. The highest BCUT2D eigenvalue weighted by atomic mass is 32.2. The van der Waals surface area contributed by atoms with E-state index in [2.05, 4.69) is 10.8 Å². The third kappa shape index (κ3) is 3.65. The van der Waals surface area contributed by atoms with Crippen LogP contribution >= 0.6 is 94.1 Å². The van der Waals surface area contributed by atoms with Crippen molar-refractivity contribution in [3.63, 3.8) is 0 Å². The molecule has 0 aromatic rings. The number of hydrogen-bond acceptors (Lipinski definition) is 12. The van der Waals surface area contributed by atoms with Crippen molar-refractivity contribution in [1.29, 1.82) is 0 Å². The third-order valence-electron chi connectivity index (χ3n) is 3.70. The van der Waals surface area contributed by atoms with Crippen molar-refractivity contribution in [3.05, 3.63) is 57.9 Å². The molecule has 0 amide bonds. The van der Waals surface area contributed by atoms with Gasteiger partial charge in [-0.1, -0.05) is 47.0 Å². The van der Waals surface area contributed by atoms with E-state index < -0.39 is 0 Å². The normalized spacial score (nSPS) is 26.6. The Balaban J connectivity index is 1.12. The quantitative estimate of drug-likeness (QED) is 0.350. The highest BCUT2D eigenvalue weighted by molar-refractivity contribution is 8.36. The van der Waals surface area contributed by atoms with Gasteiger partial charge in [-0.15, -0.1) is 0 Å². The van der Waals surface area contributed by atoms with Crippen molar-refractivity contribution < 1.29 is 18.9 Å². The van der Waals surface area contributed by atoms with Gasteiger partial charge in [-0.2, -0.15) is 0 Å². The first-order chi connectivity index (χ1) is 13.8. The van der Waals surface area contributed by atoms with Gasteiger partial charge in [0.15, 0.2) is 0 Å². The molecule has 12 heteroatoms. The Bertz CT molecular complexity index is 828. The van der Waals surface area contributed by atoms with Crippen LogP contribution in [0, 0.1) is 0 Å². The van der Waals surface area contributed by atoms with Crippen molar-refractivity contribution in [2.45, 2.75) is 0 Å². The van der Waals surface area contributed by atoms with E-state index in [1.807, 2.05) is 23.5 Å². The molecule has 0 atom stereocenters. The topological polar surface area (TPSA) is 36.9 Å². The number of rotatable bonds is 1. The van der Waals surface area contributed by atoms with E-state index in [4.69, 9.17) is 18.9 Å². The summed E-state index contributed by atoms with van der Waals surface area (Å²) in [4.78, 5) is 2.62. The van der Waals surface area contributed by atoms with E-state index in [1.165, 1.54) is 26.8 Å². The molecule has 6 heterocycles. The summed E-state index contributed by atoms with van der Waals surface area (Å²) in [6.07, 6.45) is 0. The van der Waals surface area contributed by atoms with Crippen LogP contribution in [0.4, 0.5) is 0 Å². The van der Waals surface area contributed by atoms with Crippen LogP contribution in [0.15, 0.2) is 57.9 Å². The van der Waals surface area contributed by atoms with Crippen LogP contribution in [-0.4, -0.2) is 26.4 Å². The van der Waals surface area contributed by atoms with Gasteiger partial charge in [-0.25, -0.2) is 0 Å². The smallest absolute Gasteiger partial charge is 0.208 e. The lowest BCUT2D eigenvalue weighted by Crippen LogP contribution is -2.08. The Kier molecular flexibility index (Phi) is 5.59. The van der Waals surface area contributed by atoms with E-state index in [0.717, 1.165) is 20.4 Å². The summed E-state index contributed by atoms with van der Waals surface area (Å²) in [5.41, 5.74) is 0. The molecule has 6 aliphatic rings. The zero-order valence-electron chi connectivity index (χ0n) is 13.9. The summed E-state index contributed by atoms with van der Waals surface area (Å²) in [5.74, 6) is 0. The van der Waals surface area contributed by atoms with Crippen molar-refractivity contribution in [3.8, 4) is 0 Å². The monoisotopic (exact) mass is 522 g/mol. The van der Waals surface area contributed by atoms with Gasteiger partial charge < -0.3 is 18.9 Å². The SMILES string of the molecule is C1=C(C2=CSC(=C3SC4=C(OCCO4)S3)S2)SC(=C2SC3=C(OCCO3)S2)S1. The lowest BCUT2D eigenvalue weighted by molar-refractivity contribution is 0.0949. The van der Waals surface area contributed by atoms with Gasteiger partial charge in [0.25, 0.3) is 0 Å². The summed E-state index contributed by atoms with van der Waals surface area (Å²) in [6, 6.07) is 0. The molecular formula is C16H10O4S8. The zero-order chi connectivity index (χ0) is 18.5. The first kappa shape index (κ1) is 19.1. The molecule has 4 nitrogen and oxygen atoms in total. The van der Waals surface area contributed by atoms with E-state index in [0.29, 0.717) is 26.4 Å².